The van der Waals surface area contributed by atoms with Gasteiger partial charge in [0, 0.05) is 51.9 Å². The number of likely N-dealkylation sites (tertiary alicyclic amines) is 1. The first-order chi connectivity index (χ1) is 8.34. The fraction of sp³-hybridized carbons (Fsp3) is 0.917. The lowest BCUT2D eigenvalue weighted by atomic mass is 10.0. The lowest BCUT2D eigenvalue weighted by Crippen LogP contribution is -2.65. The van der Waals surface area contributed by atoms with Crippen LogP contribution in [0.4, 0.5) is 0 Å². The van der Waals surface area contributed by atoms with E-state index in [4.69, 9.17) is 4.74 Å². The van der Waals surface area contributed by atoms with Gasteiger partial charge in [-0.05, 0) is 12.8 Å². The average molecular weight is 239 g/mol. The van der Waals surface area contributed by atoms with E-state index in [9.17, 15) is 4.79 Å². The van der Waals surface area contributed by atoms with Crippen LogP contribution in [0.1, 0.15) is 12.8 Å². The number of ether oxygens (including phenoxy) is 1. The molecule has 96 valence electrons. The number of amides is 1. The van der Waals surface area contributed by atoms with Gasteiger partial charge in [-0.2, -0.15) is 0 Å². The van der Waals surface area contributed by atoms with E-state index in [2.05, 4.69) is 10.2 Å². The summed E-state index contributed by atoms with van der Waals surface area (Å²) in [7, 11) is 0. The van der Waals surface area contributed by atoms with Gasteiger partial charge < -0.3 is 15.0 Å². The van der Waals surface area contributed by atoms with Crippen molar-refractivity contribution in [3.8, 4) is 0 Å². The maximum Gasteiger partial charge on any atom is 0.251 e. The third kappa shape index (κ3) is 2.32. The lowest BCUT2D eigenvalue weighted by molar-refractivity contribution is -0.148. The van der Waals surface area contributed by atoms with Crippen LogP contribution >= 0.6 is 0 Å². The Labute approximate surface area is 102 Å². The predicted octanol–water partition coefficient (Wildman–Crippen LogP) is -0.719. The fourth-order valence-corrected chi connectivity index (χ4v) is 2.89. The minimum Gasteiger partial charge on any atom is -0.368 e. The molecule has 5 nitrogen and oxygen atoms in total. The second-order valence-electron chi connectivity index (χ2n) is 5.18. The van der Waals surface area contributed by atoms with Gasteiger partial charge in [-0.25, -0.2) is 0 Å². The lowest BCUT2D eigenvalue weighted by Gasteiger charge is -2.47. The van der Waals surface area contributed by atoms with E-state index in [0.717, 1.165) is 58.7 Å². The minimum atomic E-state index is -0.140. The smallest absolute Gasteiger partial charge is 0.251 e. The highest BCUT2D eigenvalue weighted by atomic mass is 16.5. The fourth-order valence-electron chi connectivity index (χ4n) is 2.89. The number of carbonyl (C=O) groups excluding carboxylic acids is 1. The molecule has 3 rings (SSSR count). The van der Waals surface area contributed by atoms with Crippen LogP contribution in [-0.4, -0.2) is 73.7 Å². The molecule has 0 aromatic heterocycles. The van der Waals surface area contributed by atoms with E-state index in [1.807, 2.05) is 4.90 Å². The first-order valence-corrected chi connectivity index (χ1v) is 6.70. The summed E-state index contributed by atoms with van der Waals surface area (Å²) < 4.78 is 5.44. The molecule has 0 aromatic rings. The molecule has 0 saturated carbocycles. The van der Waals surface area contributed by atoms with Gasteiger partial charge in [-0.15, -0.1) is 0 Å². The molecule has 3 aliphatic heterocycles. The highest BCUT2D eigenvalue weighted by Gasteiger charge is 2.38. The summed E-state index contributed by atoms with van der Waals surface area (Å²) in [5.41, 5.74) is 0. The summed E-state index contributed by atoms with van der Waals surface area (Å²) in [6.45, 7) is 6.95. The molecule has 3 heterocycles. The van der Waals surface area contributed by atoms with Crippen LogP contribution in [-0.2, 0) is 9.53 Å². The van der Waals surface area contributed by atoms with Crippen LogP contribution < -0.4 is 5.32 Å². The highest BCUT2D eigenvalue weighted by Crippen LogP contribution is 2.21. The third-order valence-electron chi connectivity index (χ3n) is 4.05. The Kier molecular flexibility index (Phi) is 3.31. The van der Waals surface area contributed by atoms with Gasteiger partial charge in [-0.1, -0.05) is 0 Å². The summed E-state index contributed by atoms with van der Waals surface area (Å²) in [5.74, 6) is 0.217. The predicted molar refractivity (Wildman–Crippen MR) is 63.8 cm³/mol. The van der Waals surface area contributed by atoms with Gasteiger partial charge in [0.1, 0.15) is 6.10 Å². The molecule has 5 heteroatoms. The van der Waals surface area contributed by atoms with Gasteiger partial charge >= 0.3 is 0 Å². The van der Waals surface area contributed by atoms with E-state index < -0.39 is 0 Å². The number of rotatable bonds is 2. The second-order valence-corrected chi connectivity index (χ2v) is 5.18. The standard InChI is InChI=1S/C12H21N3O2/c16-12(11-2-1-7-17-11)15-8-10(9-15)14-5-3-13-4-6-14/h10-11,13H,1-9H2/t11-/m0/s1. The molecular formula is C12H21N3O2. The molecule has 3 saturated heterocycles. The number of nitrogens with one attached hydrogen (secondary N) is 1. The zero-order valence-electron chi connectivity index (χ0n) is 10.2. The Morgan fingerprint density at radius 2 is 2.00 bits per heavy atom. The number of nitrogens with zero attached hydrogens (tertiary/aromatic N) is 2. The Bertz CT molecular complexity index is 279. The molecule has 1 atom stereocenters. The quantitative estimate of drug-likeness (QED) is 0.691. The van der Waals surface area contributed by atoms with Crippen molar-refractivity contribution in [1.82, 2.24) is 15.1 Å². The van der Waals surface area contributed by atoms with E-state index in [1.54, 1.807) is 0 Å². The maximum absolute atomic E-state index is 12.0. The van der Waals surface area contributed by atoms with Crippen molar-refractivity contribution in [2.45, 2.75) is 25.0 Å². The molecule has 3 aliphatic rings. The minimum absolute atomic E-state index is 0.140. The van der Waals surface area contributed by atoms with Crippen LogP contribution in [0.2, 0.25) is 0 Å². The first-order valence-electron chi connectivity index (χ1n) is 6.70. The monoisotopic (exact) mass is 239 g/mol. The summed E-state index contributed by atoms with van der Waals surface area (Å²) in [5, 5.41) is 3.35. The summed E-state index contributed by atoms with van der Waals surface area (Å²) >= 11 is 0. The number of hydrogen-bond acceptors (Lipinski definition) is 4. The normalized spacial score (nSPS) is 31.5. The Morgan fingerprint density at radius 1 is 1.24 bits per heavy atom. The van der Waals surface area contributed by atoms with Crippen molar-refractivity contribution in [1.29, 1.82) is 0 Å². The molecule has 0 spiro atoms. The molecule has 17 heavy (non-hydrogen) atoms. The van der Waals surface area contributed by atoms with E-state index >= 15 is 0 Å². The van der Waals surface area contributed by atoms with Crippen molar-refractivity contribution in [2.24, 2.45) is 0 Å². The van der Waals surface area contributed by atoms with Crippen molar-refractivity contribution >= 4 is 5.91 Å². The highest BCUT2D eigenvalue weighted by molar-refractivity contribution is 5.82. The average Bonchev–Trinajstić information content (AvgIpc) is 2.81. The molecule has 0 radical (unpaired) electrons. The Hall–Kier alpha value is -0.650. The summed E-state index contributed by atoms with van der Waals surface area (Å²) in [4.78, 5) is 16.5. The van der Waals surface area contributed by atoms with Gasteiger partial charge in [0.05, 0.1) is 0 Å². The van der Waals surface area contributed by atoms with Gasteiger partial charge in [-0.3, -0.25) is 9.69 Å². The molecule has 1 N–H and O–H groups in total. The van der Waals surface area contributed by atoms with Crippen LogP contribution in [0.3, 0.4) is 0 Å². The van der Waals surface area contributed by atoms with Crippen molar-refractivity contribution in [3.63, 3.8) is 0 Å². The second kappa shape index (κ2) is 4.92. The van der Waals surface area contributed by atoms with Crippen LogP contribution in [0, 0.1) is 0 Å². The molecular weight excluding hydrogens is 218 g/mol. The SMILES string of the molecule is O=C([C@@H]1CCCO1)N1CC(N2CCNCC2)C1. The zero-order chi connectivity index (χ0) is 11.7. The number of piperazine rings is 1. The number of carbonyl (C=O) groups is 1. The van der Waals surface area contributed by atoms with Gasteiger partial charge in [0.2, 0.25) is 0 Å². The topological polar surface area (TPSA) is 44.8 Å². The molecule has 0 unspecified atom stereocenters. The van der Waals surface area contributed by atoms with E-state index in [-0.39, 0.29) is 12.0 Å². The van der Waals surface area contributed by atoms with Crippen molar-refractivity contribution in [2.75, 3.05) is 45.9 Å². The van der Waals surface area contributed by atoms with Crippen LogP contribution in [0.5, 0.6) is 0 Å². The van der Waals surface area contributed by atoms with E-state index in [0.29, 0.717) is 6.04 Å². The molecule has 0 bridgehead atoms. The van der Waals surface area contributed by atoms with Gasteiger partial charge in [0.15, 0.2) is 0 Å². The van der Waals surface area contributed by atoms with Crippen LogP contribution in [0.15, 0.2) is 0 Å². The Morgan fingerprint density at radius 3 is 2.65 bits per heavy atom. The maximum atomic E-state index is 12.0. The summed E-state index contributed by atoms with van der Waals surface area (Å²) in [6.07, 6.45) is 1.80. The van der Waals surface area contributed by atoms with Crippen molar-refractivity contribution < 1.29 is 9.53 Å². The molecule has 0 aromatic carbocycles. The van der Waals surface area contributed by atoms with E-state index in [1.165, 1.54) is 0 Å². The third-order valence-corrected chi connectivity index (χ3v) is 4.05. The first kappa shape index (κ1) is 11.4. The molecule has 3 fully saturated rings. The zero-order valence-corrected chi connectivity index (χ0v) is 10.2. The Balaban J connectivity index is 1.45. The molecule has 0 aliphatic carbocycles. The molecule has 1 amide bonds. The largest absolute Gasteiger partial charge is 0.368 e. The summed E-state index contributed by atoms with van der Waals surface area (Å²) in [6, 6.07) is 0.586. The van der Waals surface area contributed by atoms with Crippen molar-refractivity contribution in [3.05, 3.63) is 0 Å². The number of hydrogen-bond donors (Lipinski definition) is 1. The van der Waals surface area contributed by atoms with Gasteiger partial charge in [0.25, 0.3) is 5.91 Å². The van der Waals surface area contributed by atoms with Crippen LogP contribution in [0.25, 0.3) is 0 Å².